The van der Waals surface area contributed by atoms with Crippen molar-refractivity contribution >= 4 is 34.1 Å². The van der Waals surface area contributed by atoms with Crippen LogP contribution in [-0.4, -0.2) is 41.0 Å². The highest BCUT2D eigenvalue weighted by atomic mass is 32.1. The molecule has 1 atom stereocenters. The summed E-state index contributed by atoms with van der Waals surface area (Å²) in [5.41, 5.74) is 5.58. The molecule has 8 nitrogen and oxygen atoms in total. The zero-order valence-electron chi connectivity index (χ0n) is 11.0. The number of aliphatic carboxylic acids is 1. The topological polar surface area (TPSA) is 124 Å². The Labute approximate surface area is 119 Å². The lowest BCUT2D eigenvalue weighted by Gasteiger charge is -2.06. The molecule has 0 amide bonds. The number of hydrogen-bond acceptors (Lipinski definition) is 8. The molecular formula is C11H15N3O5S. The summed E-state index contributed by atoms with van der Waals surface area (Å²) >= 11 is 1.14. The molecular weight excluding hydrogens is 286 g/mol. The molecule has 0 saturated heterocycles. The van der Waals surface area contributed by atoms with Gasteiger partial charge in [0.1, 0.15) is 12.3 Å². The first kappa shape index (κ1) is 15.9. The van der Waals surface area contributed by atoms with Gasteiger partial charge in [-0.15, -0.1) is 11.3 Å². The molecule has 0 bridgehead atoms. The Hall–Kier alpha value is -2.16. The van der Waals surface area contributed by atoms with E-state index in [-0.39, 0.29) is 29.8 Å². The van der Waals surface area contributed by atoms with Crippen molar-refractivity contribution in [3.05, 3.63) is 11.1 Å². The van der Waals surface area contributed by atoms with Gasteiger partial charge in [-0.1, -0.05) is 5.16 Å². The maximum absolute atomic E-state index is 11.7. The molecule has 1 aromatic rings. The number of hydrogen-bond donors (Lipinski definition) is 2. The Balaban J connectivity index is 2.82. The van der Waals surface area contributed by atoms with Gasteiger partial charge < -0.3 is 20.4 Å². The molecule has 0 aliphatic carbocycles. The number of nitrogens with two attached hydrogens (primary N) is 1. The van der Waals surface area contributed by atoms with E-state index in [4.69, 9.17) is 20.4 Å². The first-order chi connectivity index (χ1) is 9.45. The largest absolute Gasteiger partial charge is 0.481 e. The van der Waals surface area contributed by atoms with Crippen LogP contribution in [0.1, 0.15) is 19.5 Å². The summed E-state index contributed by atoms with van der Waals surface area (Å²) in [7, 11) is 0. The van der Waals surface area contributed by atoms with Gasteiger partial charge in [-0.2, -0.15) is 0 Å². The van der Waals surface area contributed by atoms with Crippen molar-refractivity contribution in [1.82, 2.24) is 4.98 Å². The molecule has 0 spiro atoms. The molecule has 3 N–H and O–H groups in total. The number of carbonyl (C=O) groups excluding carboxylic acids is 1. The van der Waals surface area contributed by atoms with Crippen molar-refractivity contribution in [3.63, 3.8) is 0 Å². The zero-order chi connectivity index (χ0) is 15.1. The quantitative estimate of drug-likeness (QED) is 0.432. The number of ether oxygens (including phenoxy) is 1. The van der Waals surface area contributed by atoms with E-state index in [9.17, 15) is 9.59 Å². The van der Waals surface area contributed by atoms with Crippen molar-refractivity contribution in [2.24, 2.45) is 11.1 Å². The van der Waals surface area contributed by atoms with Gasteiger partial charge in [0, 0.05) is 5.38 Å². The number of nitrogen functional groups attached to an aromatic ring is 1. The van der Waals surface area contributed by atoms with E-state index in [1.54, 1.807) is 6.92 Å². The number of carbonyl (C=O) groups is 2. The molecule has 0 aromatic carbocycles. The number of rotatable bonds is 7. The van der Waals surface area contributed by atoms with E-state index in [2.05, 4.69) is 10.1 Å². The van der Waals surface area contributed by atoms with Crippen LogP contribution in [0.4, 0.5) is 5.13 Å². The summed E-state index contributed by atoms with van der Waals surface area (Å²) in [5.74, 6) is -2.47. The SMILES string of the molecule is CCOC(=O)C(=NOCC(C)C(=O)O)c1csc(N)n1. The minimum absolute atomic E-state index is 0.141. The predicted molar refractivity (Wildman–Crippen MR) is 72.4 cm³/mol. The fourth-order valence-electron chi connectivity index (χ4n) is 1.07. The number of carboxylic acids is 1. The van der Waals surface area contributed by atoms with Crippen LogP contribution in [0.15, 0.2) is 10.5 Å². The van der Waals surface area contributed by atoms with Gasteiger partial charge in [0.25, 0.3) is 0 Å². The van der Waals surface area contributed by atoms with Crippen LogP contribution in [0.2, 0.25) is 0 Å². The second-order valence-corrected chi connectivity index (χ2v) is 4.66. The molecule has 0 aliphatic rings. The molecule has 9 heteroatoms. The van der Waals surface area contributed by atoms with Crippen molar-refractivity contribution in [2.75, 3.05) is 18.9 Å². The van der Waals surface area contributed by atoms with Crippen LogP contribution < -0.4 is 5.73 Å². The fraction of sp³-hybridized carbons (Fsp3) is 0.455. The van der Waals surface area contributed by atoms with Crippen LogP contribution in [0, 0.1) is 5.92 Å². The monoisotopic (exact) mass is 301 g/mol. The van der Waals surface area contributed by atoms with E-state index in [0.29, 0.717) is 0 Å². The number of carboxylic acid groups (broad SMARTS) is 1. The smallest absolute Gasteiger partial charge is 0.362 e. The Kier molecular flexibility index (Phi) is 5.91. The molecule has 0 saturated carbocycles. The first-order valence-electron chi connectivity index (χ1n) is 5.77. The lowest BCUT2D eigenvalue weighted by atomic mass is 10.2. The number of oxime groups is 1. The number of anilines is 1. The van der Waals surface area contributed by atoms with Crippen molar-refractivity contribution in [3.8, 4) is 0 Å². The van der Waals surface area contributed by atoms with Gasteiger partial charge in [0.05, 0.1) is 12.5 Å². The molecule has 0 radical (unpaired) electrons. The lowest BCUT2D eigenvalue weighted by Crippen LogP contribution is -2.21. The minimum Gasteiger partial charge on any atom is -0.481 e. The van der Waals surface area contributed by atoms with Gasteiger partial charge in [-0.05, 0) is 13.8 Å². The van der Waals surface area contributed by atoms with Crippen molar-refractivity contribution < 1.29 is 24.3 Å². The summed E-state index contributed by atoms with van der Waals surface area (Å²) in [4.78, 5) is 31.2. The summed E-state index contributed by atoms with van der Waals surface area (Å²) in [6, 6.07) is 0. The molecule has 20 heavy (non-hydrogen) atoms. The maximum Gasteiger partial charge on any atom is 0.362 e. The third-order valence-corrected chi connectivity index (χ3v) is 2.81. The fourth-order valence-corrected chi connectivity index (χ4v) is 1.62. The summed E-state index contributed by atoms with van der Waals surface area (Å²) in [6.45, 7) is 3.11. The van der Waals surface area contributed by atoms with Gasteiger partial charge >= 0.3 is 11.9 Å². The average Bonchev–Trinajstić information content (AvgIpc) is 2.80. The molecule has 110 valence electrons. The first-order valence-corrected chi connectivity index (χ1v) is 6.64. The second kappa shape index (κ2) is 7.43. The molecule has 0 aliphatic heterocycles. The van der Waals surface area contributed by atoms with Crippen LogP contribution in [0.25, 0.3) is 0 Å². The Bertz CT molecular complexity index is 514. The standard InChI is InChI=1S/C11H15N3O5S/c1-3-18-10(17)8(7-5-20-11(12)13-7)14-19-4-6(2)9(15)16/h5-6H,3-4H2,1-2H3,(H2,12,13)(H,15,16). The lowest BCUT2D eigenvalue weighted by molar-refractivity contribution is -0.143. The Morgan fingerprint density at radius 3 is 2.80 bits per heavy atom. The van der Waals surface area contributed by atoms with E-state index in [0.717, 1.165) is 11.3 Å². The number of thiazole rings is 1. The third-order valence-electron chi connectivity index (χ3n) is 2.14. The molecule has 1 rings (SSSR count). The van der Waals surface area contributed by atoms with Crippen LogP contribution >= 0.6 is 11.3 Å². The summed E-state index contributed by atoms with van der Waals surface area (Å²) < 4.78 is 4.83. The van der Waals surface area contributed by atoms with Crippen molar-refractivity contribution in [2.45, 2.75) is 13.8 Å². The summed E-state index contributed by atoms with van der Waals surface area (Å²) in [5, 5.41) is 14.1. The van der Waals surface area contributed by atoms with Gasteiger partial charge in [0.15, 0.2) is 5.13 Å². The average molecular weight is 301 g/mol. The predicted octanol–water partition coefficient (Wildman–Crippen LogP) is 0.730. The highest BCUT2D eigenvalue weighted by Gasteiger charge is 2.20. The van der Waals surface area contributed by atoms with Crippen LogP contribution in [-0.2, 0) is 19.2 Å². The molecule has 1 unspecified atom stereocenters. The van der Waals surface area contributed by atoms with E-state index >= 15 is 0 Å². The van der Waals surface area contributed by atoms with Crippen LogP contribution in [0.5, 0.6) is 0 Å². The van der Waals surface area contributed by atoms with E-state index in [1.165, 1.54) is 12.3 Å². The van der Waals surface area contributed by atoms with Gasteiger partial charge in [-0.3, -0.25) is 4.79 Å². The number of nitrogens with zero attached hydrogens (tertiary/aromatic N) is 2. The number of aromatic nitrogens is 1. The molecule has 0 fully saturated rings. The summed E-state index contributed by atoms with van der Waals surface area (Å²) in [6.07, 6.45) is 0. The van der Waals surface area contributed by atoms with Gasteiger partial charge in [-0.25, -0.2) is 9.78 Å². The molecule has 1 heterocycles. The van der Waals surface area contributed by atoms with Crippen LogP contribution in [0.3, 0.4) is 0 Å². The highest BCUT2D eigenvalue weighted by Crippen LogP contribution is 2.13. The third kappa shape index (κ3) is 4.50. The highest BCUT2D eigenvalue weighted by molar-refractivity contribution is 7.13. The minimum atomic E-state index is -1.02. The second-order valence-electron chi connectivity index (χ2n) is 3.77. The van der Waals surface area contributed by atoms with E-state index < -0.39 is 17.9 Å². The number of esters is 1. The maximum atomic E-state index is 11.7. The Morgan fingerprint density at radius 2 is 2.30 bits per heavy atom. The van der Waals surface area contributed by atoms with Crippen molar-refractivity contribution in [1.29, 1.82) is 0 Å². The normalized spacial score (nSPS) is 12.8. The molecule has 1 aromatic heterocycles. The van der Waals surface area contributed by atoms with Gasteiger partial charge in [0.2, 0.25) is 5.71 Å². The van der Waals surface area contributed by atoms with E-state index in [1.807, 2.05) is 0 Å². The Morgan fingerprint density at radius 1 is 1.60 bits per heavy atom. The zero-order valence-corrected chi connectivity index (χ0v) is 11.8.